The van der Waals surface area contributed by atoms with Crippen LogP contribution in [0.25, 0.3) is 0 Å². The van der Waals surface area contributed by atoms with Gasteiger partial charge in [0.15, 0.2) is 0 Å². The van der Waals surface area contributed by atoms with E-state index in [0.29, 0.717) is 18.8 Å². The number of nitrogens with zero attached hydrogens (tertiary/aromatic N) is 1. The van der Waals surface area contributed by atoms with Gasteiger partial charge in [-0.25, -0.2) is 0 Å². The van der Waals surface area contributed by atoms with Gasteiger partial charge in [0.2, 0.25) is 5.91 Å². The smallest absolute Gasteiger partial charge is 0.243 e. The number of rotatable bonds is 3. The van der Waals surface area contributed by atoms with Crippen LogP contribution in [0.4, 0.5) is 17.1 Å². The Hall–Kier alpha value is -2.69. The predicted molar refractivity (Wildman–Crippen MR) is 88.4 cm³/mol. The fraction of sp³-hybridized carbons (Fsp3) is 0.235. The number of nitrogen functional groups attached to an aromatic ring is 1. The number of amides is 1. The molecule has 0 saturated carbocycles. The summed E-state index contributed by atoms with van der Waals surface area (Å²) in [4.78, 5) is 14.3. The summed E-state index contributed by atoms with van der Waals surface area (Å²) < 4.78 is 5.60. The number of carbonyl (C=O) groups excluding carboxylic acids is 1. The second kappa shape index (κ2) is 5.97. The Labute approximate surface area is 129 Å². The minimum atomic E-state index is -0.0426. The van der Waals surface area contributed by atoms with E-state index in [2.05, 4.69) is 5.32 Å². The van der Waals surface area contributed by atoms with E-state index in [-0.39, 0.29) is 12.5 Å². The SMILES string of the molecule is Cc1ccccc1NC(=O)CN1CCOc2cc(N)ccc21. The highest BCUT2D eigenvalue weighted by Gasteiger charge is 2.20. The molecule has 2 aromatic carbocycles. The second-order valence-electron chi connectivity index (χ2n) is 5.36. The Balaban J connectivity index is 1.72. The van der Waals surface area contributed by atoms with Gasteiger partial charge in [-0.05, 0) is 30.7 Å². The summed E-state index contributed by atoms with van der Waals surface area (Å²) in [6.07, 6.45) is 0. The van der Waals surface area contributed by atoms with Crippen LogP contribution in [-0.2, 0) is 4.79 Å². The lowest BCUT2D eigenvalue weighted by Gasteiger charge is -2.30. The van der Waals surface area contributed by atoms with Gasteiger partial charge in [-0.3, -0.25) is 4.79 Å². The predicted octanol–water partition coefficient (Wildman–Crippen LogP) is 2.41. The molecule has 0 saturated heterocycles. The molecule has 0 bridgehead atoms. The Morgan fingerprint density at radius 3 is 2.95 bits per heavy atom. The van der Waals surface area contributed by atoms with Crippen LogP contribution in [0.15, 0.2) is 42.5 Å². The third-order valence-corrected chi connectivity index (χ3v) is 3.70. The topological polar surface area (TPSA) is 67.6 Å². The average molecular weight is 297 g/mol. The molecule has 0 aromatic heterocycles. The van der Waals surface area contributed by atoms with Crippen molar-refractivity contribution in [1.29, 1.82) is 0 Å². The number of carbonyl (C=O) groups is 1. The van der Waals surface area contributed by atoms with E-state index in [0.717, 1.165) is 22.7 Å². The van der Waals surface area contributed by atoms with Gasteiger partial charge in [-0.1, -0.05) is 18.2 Å². The fourth-order valence-corrected chi connectivity index (χ4v) is 2.53. The standard InChI is InChI=1S/C17H19N3O2/c1-12-4-2-3-5-14(12)19-17(21)11-20-8-9-22-16-10-13(18)6-7-15(16)20/h2-7,10H,8-9,11,18H2,1H3,(H,19,21). The van der Waals surface area contributed by atoms with Gasteiger partial charge < -0.3 is 20.7 Å². The van der Waals surface area contributed by atoms with Crippen LogP contribution in [0.1, 0.15) is 5.56 Å². The summed E-state index contributed by atoms with van der Waals surface area (Å²) in [7, 11) is 0. The van der Waals surface area contributed by atoms with E-state index in [9.17, 15) is 4.79 Å². The van der Waals surface area contributed by atoms with E-state index in [4.69, 9.17) is 10.5 Å². The number of aryl methyl sites for hydroxylation is 1. The van der Waals surface area contributed by atoms with Crippen molar-refractivity contribution >= 4 is 23.0 Å². The molecule has 1 aliphatic heterocycles. The van der Waals surface area contributed by atoms with Crippen molar-refractivity contribution in [2.75, 3.05) is 35.6 Å². The van der Waals surface area contributed by atoms with Crippen molar-refractivity contribution in [2.24, 2.45) is 0 Å². The normalized spacial score (nSPS) is 13.2. The first-order chi connectivity index (χ1) is 10.6. The average Bonchev–Trinajstić information content (AvgIpc) is 2.49. The molecule has 2 aromatic rings. The van der Waals surface area contributed by atoms with Crippen LogP contribution in [0.2, 0.25) is 0 Å². The lowest BCUT2D eigenvalue weighted by Crippen LogP contribution is -2.38. The number of benzene rings is 2. The number of hydrogen-bond acceptors (Lipinski definition) is 4. The van der Waals surface area contributed by atoms with Gasteiger partial charge in [0.1, 0.15) is 12.4 Å². The molecule has 3 N–H and O–H groups in total. The number of hydrogen-bond donors (Lipinski definition) is 2. The van der Waals surface area contributed by atoms with Crippen molar-refractivity contribution in [1.82, 2.24) is 0 Å². The van der Waals surface area contributed by atoms with E-state index >= 15 is 0 Å². The molecular weight excluding hydrogens is 278 g/mol. The molecule has 0 spiro atoms. The molecule has 0 fully saturated rings. The first-order valence-corrected chi connectivity index (χ1v) is 7.26. The third kappa shape index (κ3) is 2.98. The van der Waals surface area contributed by atoms with E-state index in [1.54, 1.807) is 6.07 Å². The molecule has 5 nitrogen and oxygen atoms in total. The fourth-order valence-electron chi connectivity index (χ4n) is 2.53. The molecule has 1 amide bonds. The van der Waals surface area contributed by atoms with Crippen LogP contribution in [0, 0.1) is 6.92 Å². The van der Waals surface area contributed by atoms with Crippen molar-refractivity contribution in [3.63, 3.8) is 0 Å². The van der Waals surface area contributed by atoms with Crippen LogP contribution < -0.4 is 20.7 Å². The molecule has 1 aliphatic rings. The third-order valence-electron chi connectivity index (χ3n) is 3.70. The highest BCUT2D eigenvalue weighted by molar-refractivity contribution is 5.95. The zero-order chi connectivity index (χ0) is 15.5. The minimum Gasteiger partial charge on any atom is -0.489 e. The lowest BCUT2D eigenvalue weighted by molar-refractivity contribution is -0.115. The highest BCUT2D eigenvalue weighted by Crippen LogP contribution is 2.33. The molecule has 5 heteroatoms. The zero-order valence-electron chi connectivity index (χ0n) is 12.5. The Kier molecular flexibility index (Phi) is 3.87. The van der Waals surface area contributed by atoms with Crippen molar-refractivity contribution in [3.8, 4) is 5.75 Å². The van der Waals surface area contributed by atoms with Crippen molar-refractivity contribution in [2.45, 2.75) is 6.92 Å². The second-order valence-corrected chi connectivity index (χ2v) is 5.36. The first-order valence-electron chi connectivity index (χ1n) is 7.26. The van der Waals surface area contributed by atoms with E-state index in [1.165, 1.54) is 0 Å². The monoisotopic (exact) mass is 297 g/mol. The molecule has 114 valence electrons. The molecule has 3 rings (SSSR count). The van der Waals surface area contributed by atoms with Gasteiger partial charge in [-0.15, -0.1) is 0 Å². The van der Waals surface area contributed by atoms with Crippen molar-refractivity contribution < 1.29 is 9.53 Å². The Bertz CT molecular complexity index is 700. The van der Waals surface area contributed by atoms with Gasteiger partial charge in [0.25, 0.3) is 0 Å². The van der Waals surface area contributed by atoms with Crippen LogP contribution >= 0.6 is 0 Å². The molecule has 1 heterocycles. The Morgan fingerprint density at radius 2 is 2.14 bits per heavy atom. The molecule has 22 heavy (non-hydrogen) atoms. The lowest BCUT2D eigenvalue weighted by atomic mass is 10.2. The summed E-state index contributed by atoms with van der Waals surface area (Å²) in [5.41, 5.74) is 9.22. The number of ether oxygens (including phenoxy) is 1. The molecule has 0 unspecified atom stereocenters. The molecule has 0 atom stereocenters. The first kappa shape index (κ1) is 14.3. The van der Waals surface area contributed by atoms with Gasteiger partial charge >= 0.3 is 0 Å². The maximum atomic E-state index is 12.3. The molecule has 0 radical (unpaired) electrons. The van der Waals surface area contributed by atoms with Crippen LogP contribution in [-0.4, -0.2) is 25.6 Å². The largest absolute Gasteiger partial charge is 0.489 e. The maximum Gasteiger partial charge on any atom is 0.243 e. The van der Waals surface area contributed by atoms with E-state index in [1.807, 2.05) is 48.2 Å². The molecular formula is C17H19N3O2. The zero-order valence-corrected chi connectivity index (χ0v) is 12.5. The summed E-state index contributed by atoms with van der Waals surface area (Å²) in [6.45, 7) is 3.49. The number of nitrogens with one attached hydrogen (secondary N) is 1. The summed E-state index contributed by atoms with van der Waals surface area (Å²) in [5, 5.41) is 2.95. The summed E-state index contributed by atoms with van der Waals surface area (Å²) >= 11 is 0. The van der Waals surface area contributed by atoms with Crippen LogP contribution in [0.3, 0.4) is 0 Å². The molecule has 0 aliphatic carbocycles. The van der Waals surface area contributed by atoms with Gasteiger partial charge in [0.05, 0.1) is 18.8 Å². The van der Waals surface area contributed by atoms with Gasteiger partial charge in [0, 0.05) is 17.4 Å². The summed E-state index contributed by atoms with van der Waals surface area (Å²) in [6, 6.07) is 13.2. The Morgan fingerprint density at radius 1 is 1.32 bits per heavy atom. The van der Waals surface area contributed by atoms with Crippen LogP contribution in [0.5, 0.6) is 5.75 Å². The van der Waals surface area contributed by atoms with E-state index < -0.39 is 0 Å². The number of para-hydroxylation sites is 1. The number of nitrogens with two attached hydrogens (primary N) is 1. The maximum absolute atomic E-state index is 12.3. The quantitative estimate of drug-likeness (QED) is 0.854. The summed E-state index contributed by atoms with van der Waals surface area (Å²) in [5.74, 6) is 0.689. The number of fused-ring (bicyclic) bond motifs is 1. The number of anilines is 3. The minimum absolute atomic E-state index is 0.0426. The highest BCUT2D eigenvalue weighted by atomic mass is 16.5. The van der Waals surface area contributed by atoms with Gasteiger partial charge in [-0.2, -0.15) is 0 Å². The van der Waals surface area contributed by atoms with Crippen molar-refractivity contribution in [3.05, 3.63) is 48.0 Å².